The lowest BCUT2D eigenvalue weighted by Crippen LogP contribution is -2.39. The second-order valence-corrected chi connectivity index (χ2v) is 8.16. The highest BCUT2D eigenvalue weighted by Crippen LogP contribution is 2.38. The van der Waals surface area contributed by atoms with E-state index in [1.807, 2.05) is 20.8 Å². The van der Waals surface area contributed by atoms with Crippen LogP contribution >= 0.6 is 0 Å². The van der Waals surface area contributed by atoms with Gasteiger partial charge in [0.05, 0.1) is 0 Å². The van der Waals surface area contributed by atoms with Crippen molar-refractivity contribution in [1.82, 2.24) is 5.32 Å². The van der Waals surface area contributed by atoms with Crippen molar-refractivity contribution in [2.45, 2.75) is 77.7 Å². The highest BCUT2D eigenvalue weighted by molar-refractivity contribution is 5.88. The van der Waals surface area contributed by atoms with Gasteiger partial charge in [-0.25, -0.2) is 0 Å². The van der Waals surface area contributed by atoms with E-state index in [0.717, 1.165) is 19.3 Å². The van der Waals surface area contributed by atoms with E-state index in [4.69, 9.17) is 0 Å². The molecule has 0 saturated carbocycles. The summed E-state index contributed by atoms with van der Waals surface area (Å²) >= 11 is 0. The van der Waals surface area contributed by atoms with E-state index in [-0.39, 0.29) is 11.4 Å². The molecule has 1 aromatic rings. The topological polar surface area (TPSA) is 29.1 Å². The number of rotatable bonds is 6. The van der Waals surface area contributed by atoms with Gasteiger partial charge in [0.15, 0.2) is 0 Å². The van der Waals surface area contributed by atoms with Crippen LogP contribution in [0, 0.1) is 0 Å². The molecule has 2 rings (SSSR count). The molecule has 0 radical (unpaired) electrons. The van der Waals surface area contributed by atoms with Crippen molar-refractivity contribution in [3.63, 3.8) is 0 Å². The molecular formula is C23H33NO. The molecule has 0 saturated heterocycles. The molecule has 136 valence electrons. The lowest BCUT2D eigenvalue weighted by molar-refractivity contribution is -0.117. The van der Waals surface area contributed by atoms with E-state index in [9.17, 15) is 4.79 Å². The first kappa shape index (κ1) is 19.5. The van der Waals surface area contributed by atoms with Crippen LogP contribution < -0.4 is 5.32 Å². The molecule has 0 heterocycles. The first-order valence-corrected chi connectivity index (χ1v) is 9.65. The first-order valence-electron chi connectivity index (χ1n) is 9.65. The van der Waals surface area contributed by atoms with Crippen LogP contribution in [0.5, 0.6) is 0 Å². The number of unbranched alkanes of at least 4 members (excludes halogenated alkanes) is 1. The zero-order chi connectivity index (χ0) is 18.3. The zero-order valence-electron chi connectivity index (χ0n) is 16.3. The molecule has 2 heteroatoms. The largest absolute Gasteiger partial charge is 0.348 e. The van der Waals surface area contributed by atoms with Gasteiger partial charge in [-0.3, -0.25) is 4.79 Å². The molecule has 1 aliphatic rings. The van der Waals surface area contributed by atoms with Crippen LogP contribution in [-0.2, 0) is 4.79 Å². The Labute approximate surface area is 153 Å². The number of carbonyl (C=O) groups is 1. The van der Waals surface area contributed by atoms with Gasteiger partial charge in [0.25, 0.3) is 0 Å². The molecule has 1 N–H and O–H groups in total. The van der Waals surface area contributed by atoms with Gasteiger partial charge >= 0.3 is 0 Å². The normalized spacial score (nSPS) is 18.6. The third-order valence-electron chi connectivity index (χ3n) is 4.75. The summed E-state index contributed by atoms with van der Waals surface area (Å²) in [5.74, 6) is 0.619. The number of hydrogen-bond donors (Lipinski definition) is 1. The van der Waals surface area contributed by atoms with Crippen LogP contribution in [-0.4, -0.2) is 11.4 Å². The third kappa shape index (κ3) is 6.53. The molecule has 0 bridgehead atoms. The molecule has 1 unspecified atom stereocenters. The lowest BCUT2D eigenvalue weighted by atomic mass is 9.78. The van der Waals surface area contributed by atoms with Crippen molar-refractivity contribution in [2.75, 3.05) is 0 Å². The highest BCUT2D eigenvalue weighted by atomic mass is 16.1. The summed E-state index contributed by atoms with van der Waals surface area (Å²) in [4.78, 5) is 12.1. The first-order chi connectivity index (χ1) is 11.9. The van der Waals surface area contributed by atoms with Crippen molar-refractivity contribution in [3.8, 4) is 0 Å². The Kier molecular flexibility index (Phi) is 7.04. The van der Waals surface area contributed by atoms with E-state index in [1.54, 1.807) is 11.6 Å². The van der Waals surface area contributed by atoms with Gasteiger partial charge < -0.3 is 5.32 Å². The van der Waals surface area contributed by atoms with E-state index < -0.39 is 0 Å². The predicted molar refractivity (Wildman–Crippen MR) is 107 cm³/mol. The predicted octanol–water partition coefficient (Wildman–Crippen LogP) is 5.91. The number of hydrogen-bond acceptors (Lipinski definition) is 1. The Morgan fingerprint density at radius 3 is 2.60 bits per heavy atom. The average molecular weight is 340 g/mol. The van der Waals surface area contributed by atoms with Crippen LogP contribution in [0.3, 0.4) is 0 Å². The minimum atomic E-state index is -0.189. The summed E-state index contributed by atoms with van der Waals surface area (Å²) in [6, 6.07) is 10.9. The van der Waals surface area contributed by atoms with Crippen molar-refractivity contribution in [3.05, 3.63) is 59.2 Å². The van der Waals surface area contributed by atoms with Crippen molar-refractivity contribution >= 4 is 5.91 Å². The highest BCUT2D eigenvalue weighted by Gasteiger charge is 2.21. The maximum Gasteiger partial charge on any atom is 0.244 e. The molecule has 0 aliphatic heterocycles. The van der Waals surface area contributed by atoms with Gasteiger partial charge in [0, 0.05) is 11.6 Å². The van der Waals surface area contributed by atoms with Crippen molar-refractivity contribution < 1.29 is 4.79 Å². The number of allylic oxidation sites excluding steroid dienone is 3. The molecule has 2 nitrogen and oxygen atoms in total. The Morgan fingerprint density at radius 2 is 1.96 bits per heavy atom. The summed E-state index contributed by atoms with van der Waals surface area (Å²) < 4.78 is 0. The van der Waals surface area contributed by atoms with Crippen LogP contribution in [0.1, 0.15) is 77.7 Å². The van der Waals surface area contributed by atoms with E-state index in [0.29, 0.717) is 5.92 Å². The fraction of sp³-hybridized carbons (Fsp3) is 0.522. The van der Waals surface area contributed by atoms with Gasteiger partial charge in [-0.15, -0.1) is 0 Å². The smallest absolute Gasteiger partial charge is 0.244 e. The summed E-state index contributed by atoms with van der Waals surface area (Å²) in [5.41, 5.74) is 4.18. The van der Waals surface area contributed by atoms with E-state index in [2.05, 4.69) is 48.6 Å². The maximum absolute atomic E-state index is 12.1. The van der Waals surface area contributed by atoms with Gasteiger partial charge in [-0.05, 0) is 69.9 Å². The summed E-state index contributed by atoms with van der Waals surface area (Å²) in [5, 5.41) is 3.00. The number of benzene rings is 1. The Balaban J connectivity index is 2.12. The monoisotopic (exact) mass is 339 g/mol. The second-order valence-electron chi connectivity index (χ2n) is 8.16. The second kappa shape index (κ2) is 9.03. The van der Waals surface area contributed by atoms with Crippen LogP contribution in [0.4, 0.5) is 0 Å². The SMILES string of the molecule is CCCCC1=C(/C=C/C(=O)NC(C)(C)C)CCC(c2ccccc2)C1. The summed E-state index contributed by atoms with van der Waals surface area (Å²) in [6.07, 6.45) is 10.7. The molecule has 25 heavy (non-hydrogen) atoms. The van der Waals surface area contributed by atoms with E-state index in [1.165, 1.54) is 30.4 Å². The lowest BCUT2D eigenvalue weighted by Gasteiger charge is -2.27. The van der Waals surface area contributed by atoms with E-state index >= 15 is 0 Å². The molecule has 1 aromatic carbocycles. The number of amides is 1. The standard InChI is InChI=1S/C23H33NO/c1-5-6-10-20-17-21(18-11-8-7-9-12-18)14-13-19(20)15-16-22(25)24-23(2,3)4/h7-9,11-12,15-16,21H,5-6,10,13-14,17H2,1-4H3,(H,24,25)/b16-15+. The fourth-order valence-electron chi connectivity index (χ4n) is 3.49. The molecular weight excluding hydrogens is 306 g/mol. The van der Waals surface area contributed by atoms with Crippen LogP contribution in [0.25, 0.3) is 0 Å². The van der Waals surface area contributed by atoms with Gasteiger partial charge in [0.1, 0.15) is 0 Å². The molecule has 0 fully saturated rings. The van der Waals surface area contributed by atoms with Crippen LogP contribution in [0.15, 0.2) is 53.6 Å². The molecule has 0 aromatic heterocycles. The number of nitrogens with one attached hydrogen (secondary N) is 1. The van der Waals surface area contributed by atoms with Gasteiger partial charge in [-0.1, -0.05) is 55.3 Å². The molecule has 0 spiro atoms. The average Bonchev–Trinajstić information content (AvgIpc) is 2.57. The fourth-order valence-corrected chi connectivity index (χ4v) is 3.49. The molecule has 1 atom stereocenters. The Bertz CT molecular complexity index is 619. The summed E-state index contributed by atoms with van der Waals surface area (Å²) in [7, 11) is 0. The third-order valence-corrected chi connectivity index (χ3v) is 4.75. The number of carbonyl (C=O) groups excluding carboxylic acids is 1. The Hall–Kier alpha value is -1.83. The molecule has 1 amide bonds. The quantitative estimate of drug-likeness (QED) is 0.641. The minimum absolute atomic E-state index is 0.0000226. The molecule has 1 aliphatic carbocycles. The Morgan fingerprint density at radius 1 is 1.24 bits per heavy atom. The zero-order valence-corrected chi connectivity index (χ0v) is 16.3. The van der Waals surface area contributed by atoms with Gasteiger partial charge in [-0.2, -0.15) is 0 Å². The van der Waals surface area contributed by atoms with Gasteiger partial charge in [0.2, 0.25) is 5.91 Å². The summed E-state index contributed by atoms with van der Waals surface area (Å²) in [6.45, 7) is 8.27. The van der Waals surface area contributed by atoms with Crippen molar-refractivity contribution in [2.24, 2.45) is 0 Å². The van der Waals surface area contributed by atoms with Crippen molar-refractivity contribution in [1.29, 1.82) is 0 Å². The van der Waals surface area contributed by atoms with Crippen LogP contribution in [0.2, 0.25) is 0 Å². The maximum atomic E-state index is 12.1. The minimum Gasteiger partial charge on any atom is -0.348 e.